The molecule has 0 aromatic heterocycles. The van der Waals surface area contributed by atoms with Crippen LogP contribution in [0, 0.1) is 0 Å². The number of thioether (sulfide) groups is 1. The van der Waals surface area contributed by atoms with Crippen molar-refractivity contribution in [2.75, 3.05) is 20.8 Å². The highest BCUT2D eigenvalue weighted by Gasteiger charge is 2.32. The van der Waals surface area contributed by atoms with Gasteiger partial charge in [0.1, 0.15) is 12.4 Å². The molecule has 0 aliphatic carbocycles. The van der Waals surface area contributed by atoms with Crippen LogP contribution < -0.4 is 14.2 Å². The number of hydrogen-bond donors (Lipinski definition) is 0. The standard InChI is InChI=1S/C27H23BrCl2N2O4S/c1-4-32-26(33)24(37-27(32)31-18-6-8-19(34-2)9-7-18)14-17-11-20(28)25(23(13-17)35-3)36-15-16-5-10-21(29)22(30)12-16/h5-14H,4,15H2,1-3H3/b24-14+,31-27?. The van der Waals surface area contributed by atoms with Crippen LogP contribution in [0.15, 0.2) is 69.0 Å². The molecule has 4 rings (SSSR count). The SMILES string of the molecule is CCN1C(=O)/C(=C\c2cc(Br)c(OCc3ccc(Cl)c(Cl)c3)c(OC)c2)SC1=Nc1ccc(OC)cc1. The number of amides is 1. The van der Waals surface area contributed by atoms with E-state index >= 15 is 0 Å². The first kappa shape index (κ1) is 27.4. The molecule has 1 fully saturated rings. The van der Waals surface area contributed by atoms with Gasteiger partial charge in [0.15, 0.2) is 16.7 Å². The first-order valence-electron chi connectivity index (χ1n) is 11.2. The normalized spacial score (nSPS) is 15.5. The molecular weight excluding hydrogens is 599 g/mol. The minimum atomic E-state index is -0.102. The number of hydrogen-bond acceptors (Lipinski definition) is 6. The van der Waals surface area contributed by atoms with Crippen LogP contribution in [0.25, 0.3) is 6.08 Å². The van der Waals surface area contributed by atoms with Crippen LogP contribution in [0.2, 0.25) is 10.0 Å². The maximum Gasteiger partial charge on any atom is 0.266 e. The molecule has 0 spiro atoms. The number of aliphatic imine (C=N–C) groups is 1. The molecule has 37 heavy (non-hydrogen) atoms. The third-order valence-corrected chi connectivity index (χ3v) is 7.75. The second-order valence-electron chi connectivity index (χ2n) is 7.82. The quantitative estimate of drug-likeness (QED) is 0.239. The summed E-state index contributed by atoms with van der Waals surface area (Å²) in [5.41, 5.74) is 2.39. The minimum absolute atomic E-state index is 0.102. The van der Waals surface area contributed by atoms with Crippen LogP contribution in [-0.2, 0) is 11.4 Å². The molecule has 1 heterocycles. The van der Waals surface area contributed by atoms with Crippen LogP contribution in [0.3, 0.4) is 0 Å². The van der Waals surface area contributed by atoms with Crippen molar-refractivity contribution in [3.63, 3.8) is 0 Å². The van der Waals surface area contributed by atoms with Crippen LogP contribution in [0.4, 0.5) is 5.69 Å². The molecule has 192 valence electrons. The lowest BCUT2D eigenvalue weighted by Crippen LogP contribution is -2.28. The molecule has 1 aliphatic rings. The Bertz CT molecular complexity index is 1380. The Balaban J connectivity index is 1.57. The van der Waals surface area contributed by atoms with Gasteiger partial charge in [-0.05, 0) is 100 Å². The molecule has 1 aliphatic heterocycles. The van der Waals surface area contributed by atoms with Crippen LogP contribution in [-0.4, -0.2) is 36.7 Å². The molecular formula is C27H23BrCl2N2O4S. The molecule has 0 unspecified atom stereocenters. The highest BCUT2D eigenvalue weighted by molar-refractivity contribution is 9.10. The van der Waals surface area contributed by atoms with Gasteiger partial charge < -0.3 is 14.2 Å². The summed E-state index contributed by atoms with van der Waals surface area (Å²) in [5.74, 6) is 1.71. The lowest BCUT2D eigenvalue weighted by atomic mass is 10.1. The smallest absolute Gasteiger partial charge is 0.266 e. The van der Waals surface area contributed by atoms with Gasteiger partial charge in [0.25, 0.3) is 5.91 Å². The fourth-order valence-corrected chi connectivity index (χ4v) is 5.49. The maximum atomic E-state index is 13.1. The van der Waals surface area contributed by atoms with Gasteiger partial charge >= 0.3 is 0 Å². The Morgan fingerprint density at radius 1 is 1.03 bits per heavy atom. The fourth-order valence-electron chi connectivity index (χ4n) is 3.54. The number of rotatable bonds is 8. The number of benzene rings is 3. The van der Waals surface area contributed by atoms with Crippen molar-refractivity contribution in [1.82, 2.24) is 4.90 Å². The van der Waals surface area contributed by atoms with Crippen molar-refractivity contribution in [2.45, 2.75) is 13.5 Å². The lowest BCUT2D eigenvalue weighted by Gasteiger charge is -2.14. The number of halogens is 3. The first-order chi connectivity index (χ1) is 17.8. The zero-order valence-corrected chi connectivity index (χ0v) is 24.2. The van der Waals surface area contributed by atoms with Gasteiger partial charge in [-0.1, -0.05) is 29.3 Å². The monoisotopic (exact) mass is 620 g/mol. The summed E-state index contributed by atoms with van der Waals surface area (Å²) in [6.45, 7) is 2.70. The molecule has 0 N–H and O–H groups in total. The summed E-state index contributed by atoms with van der Waals surface area (Å²) in [6.07, 6.45) is 1.82. The molecule has 6 nitrogen and oxygen atoms in total. The molecule has 0 bridgehead atoms. The summed E-state index contributed by atoms with van der Waals surface area (Å²) in [7, 11) is 3.18. The van der Waals surface area contributed by atoms with Crippen molar-refractivity contribution in [3.05, 3.63) is 85.1 Å². The molecule has 10 heteroatoms. The number of ether oxygens (including phenoxy) is 3. The third-order valence-electron chi connectivity index (χ3n) is 5.42. The van der Waals surface area contributed by atoms with E-state index < -0.39 is 0 Å². The third kappa shape index (κ3) is 6.44. The Kier molecular flexibility index (Phi) is 9.08. The topological polar surface area (TPSA) is 60.4 Å². The largest absolute Gasteiger partial charge is 0.497 e. The van der Waals surface area contributed by atoms with E-state index in [-0.39, 0.29) is 12.5 Å². The Morgan fingerprint density at radius 2 is 1.78 bits per heavy atom. The first-order valence-corrected chi connectivity index (χ1v) is 13.6. The van der Waals surface area contributed by atoms with E-state index in [1.807, 2.05) is 55.5 Å². The zero-order chi connectivity index (χ0) is 26.5. The number of carbonyl (C=O) groups excluding carboxylic acids is 1. The van der Waals surface area contributed by atoms with Gasteiger partial charge in [-0.25, -0.2) is 4.99 Å². The summed E-state index contributed by atoms with van der Waals surface area (Å²) in [4.78, 5) is 20.0. The van der Waals surface area contributed by atoms with Gasteiger partial charge in [-0.15, -0.1) is 0 Å². The van der Waals surface area contributed by atoms with Gasteiger partial charge in [0.2, 0.25) is 0 Å². The van der Waals surface area contributed by atoms with Gasteiger partial charge in [0, 0.05) is 6.54 Å². The molecule has 0 atom stereocenters. The predicted octanol–water partition coefficient (Wildman–Crippen LogP) is 7.98. The van der Waals surface area contributed by atoms with Crippen molar-refractivity contribution in [1.29, 1.82) is 0 Å². The summed E-state index contributed by atoms with van der Waals surface area (Å²) in [5, 5.41) is 1.57. The number of carbonyl (C=O) groups is 1. The van der Waals surface area contributed by atoms with E-state index in [1.165, 1.54) is 11.8 Å². The minimum Gasteiger partial charge on any atom is -0.497 e. The van der Waals surface area contributed by atoms with Gasteiger partial charge in [0.05, 0.1) is 39.3 Å². The van der Waals surface area contributed by atoms with E-state index in [2.05, 4.69) is 20.9 Å². The number of amidine groups is 1. The van der Waals surface area contributed by atoms with E-state index in [0.29, 0.717) is 42.6 Å². The molecule has 0 radical (unpaired) electrons. The summed E-state index contributed by atoms with van der Waals surface area (Å²) < 4.78 is 17.5. The van der Waals surface area contributed by atoms with Gasteiger partial charge in [-0.2, -0.15) is 0 Å². The number of nitrogens with zero attached hydrogens (tertiary/aromatic N) is 2. The Hall–Kier alpha value is -2.65. The molecule has 3 aromatic rings. The van der Waals surface area contributed by atoms with Crippen molar-refractivity contribution in [2.24, 2.45) is 4.99 Å². The maximum absolute atomic E-state index is 13.1. The second kappa shape index (κ2) is 12.3. The average molecular weight is 622 g/mol. The van der Waals surface area contributed by atoms with Gasteiger partial charge in [-0.3, -0.25) is 9.69 Å². The number of methoxy groups -OCH3 is 2. The van der Waals surface area contributed by atoms with E-state index in [1.54, 1.807) is 31.3 Å². The van der Waals surface area contributed by atoms with E-state index in [4.69, 9.17) is 37.4 Å². The van der Waals surface area contributed by atoms with Crippen molar-refractivity contribution < 1.29 is 19.0 Å². The van der Waals surface area contributed by atoms with E-state index in [0.717, 1.165) is 22.6 Å². The Morgan fingerprint density at radius 3 is 2.43 bits per heavy atom. The summed E-state index contributed by atoms with van der Waals surface area (Å²) >= 11 is 17.0. The zero-order valence-electron chi connectivity index (χ0n) is 20.3. The number of likely N-dealkylation sites (N-methyl/N-ethyl adjacent to an activating group) is 1. The molecule has 0 saturated carbocycles. The van der Waals surface area contributed by atoms with Crippen molar-refractivity contribution >= 4 is 73.7 Å². The van der Waals surface area contributed by atoms with Crippen LogP contribution in [0.5, 0.6) is 17.2 Å². The van der Waals surface area contributed by atoms with Crippen LogP contribution in [0.1, 0.15) is 18.1 Å². The molecule has 1 saturated heterocycles. The second-order valence-corrected chi connectivity index (χ2v) is 10.5. The van der Waals surface area contributed by atoms with Crippen molar-refractivity contribution in [3.8, 4) is 17.2 Å². The fraction of sp³-hybridized carbons (Fsp3) is 0.185. The van der Waals surface area contributed by atoms with E-state index in [9.17, 15) is 4.79 Å². The molecule has 3 aromatic carbocycles. The molecule has 1 amide bonds. The average Bonchev–Trinajstić information content (AvgIpc) is 3.18. The predicted molar refractivity (Wildman–Crippen MR) is 155 cm³/mol. The van der Waals surface area contributed by atoms with Crippen LogP contribution >= 0.6 is 50.9 Å². The summed E-state index contributed by atoms with van der Waals surface area (Å²) in [6, 6.07) is 16.4. The highest BCUT2D eigenvalue weighted by Crippen LogP contribution is 2.40. The lowest BCUT2D eigenvalue weighted by molar-refractivity contribution is -0.122. The Labute approximate surface area is 238 Å². The highest BCUT2D eigenvalue weighted by atomic mass is 79.9.